The van der Waals surface area contributed by atoms with E-state index in [1.54, 1.807) is 0 Å². The molecule has 0 saturated carbocycles. The molecule has 1 atom stereocenters. The van der Waals surface area contributed by atoms with Crippen LogP contribution < -0.4 is 11.1 Å². The summed E-state index contributed by atoms with van der Waals surface area (Å²) in [5.41, 5.74) is 6.64. The van der Waals surface area contributed by atoms with E-state index in [1.165, 1.54) is 0 Å². The highest BCUT2D eigenvalue weighted by Gasteiger charge is 2.35. The fraction of sp³-hybridized carbons (Fsp3) is 0.778. The number of amides is 1. The van der Waals surface area contributed by atoms with Gasteiger partial charge in [0, 0.05) is 37.2 Å². The van der Waals surface area contributed by atoms with E-state index >= 15 is 0 Å². The van der Waals surface area contributed by atoms with Crippen LogP contribution in [-0.2, 0) is 23.2 Å². The third-order valence-electron chi connectivity index (χ3n) is 5.32. The SMILES string of the molecule is CCC(CC)(CN)C(=O)NC1CCc2nc(C(C)(C)C)cn2C1.Cl.Cl. The van der Waals surface area contributed by atoms with E-state index in [0.717, 1.165) is 43.7 Å². The lowest BCUT2D eigenvalue weighted by molar-refractivity contribution is -0.132. The maximum atomic E-state index is 12.7. The molecule has 2 heterocycles. The van der Waals surface area contributed by atoms with Crippen LogP contribution in [0, 0.1) is 5.41 Å². The molecule has 1 aliphatic heterocycles. The molecule has 3 N–H and O–H groups in total. The van der Waals surface area contributed by atoms with Crippen LogP contribution in [0.3, 0.4) is 0 Å². The monoisotopic (exact) mass is 392 g/mol. The molecule has 25 heavy (non-hydrogen) atoms. The first-order chi connectivity index (χ1) is 10.8. The van der Waals surface area contributed by atoms with E-state index in [4.69, 9.17) is 10.7 Å². The van der Waals surface area contributed by atoms with Gasteiger partial charge in [0.25, 0.3) is 0 Å². The average molecular weight is 393 g/mol. The number of hydrogen-bond acceptors (Lipinski definition) is 3. The molecule has 0 aliphatic carbocycles. The van der Waals surface area contributed by atoms with Gasteiger partial charge < -0.3 is 15.6 Å². The second kappa shape index (κ2) is 9.24. The smallest absolute Gasteiger partial charge is 0.227 e. The lowest BCUT2D eigenvalue weighted by atomic mass is 9.81. The van der Waals surface area contributed by atoms with E-state index in [9.17, 15) is 4.79 Å². The highest BCUT2D eigenvalue weighted by atomic mass is 35.5. The fourth-order valence-electron chi connectivity index (χ4n) is 3.21. The number of aromatic nitrogens is 2. The number of nitrogens with zero attached hydrogens (tertiary/aromatic N) is 2. The zero-order chi connectivity index (χ0) is 17.3. The standard InChI is InChI=1S/C18H32N4O.2ClH/c1-6-18(7-2,12-19)16(23)20-13-8-9-15-21-14(17(3,4)5)11-22(15)10-13;;/h11,13H,6-10,12,19H2,1-5H3,(H,20,23);2*1H. The van der Waals surface area contributed by atoms with Crippen molar-refractivity contribution in [2.45, 2.75) is 78.3 Å². The molecule has 1 amide bonds. The summed E-state index contributed by atoms with van der Waals surface area (Å²) in [4.78, 5) is 17.5. The summed E-state index contributed by atoms with van der Waals surface area (Å²) >= 11 is 0. The second-order valence-electron chi connectivity index (χ2n) is 7.85. The van der Waals surface area contributed by atoms with Gasteiger partial charge in [-0.1, -0.05) is 34.6 Å². The topological polar surface area (TPSA) is 72.9 Å². The summed E-state index contributed by atoms with van der Waals surface area (Å²) in [6.07, 6.45) is 5.56. The second-order valence-corrected chi connectivity index (χ2v) is 7.85. The Balaban J connectivity index is 0.00000288. The Morgan fingerprint density at radius 3 is 2.40 bits per heavy atom. The van der Waals surface area contributed by atoms with Crippen molar-refractivity contribution in [1.29, 1.82) is 0 Å². The summed E-state index contributed by atoms with van der Waals surface area (Å²) in [5.74, 6) is 1.24. The van der Waals surface area contributed by atoms with Crippen LogP contribution in [-0.4, -0.2) is 28.0 Å². The molecular formula is C18H34Cl2N4O. The van der Waals surface area contributed by atoms with Gasteiger partial charge in [-0.3, -0.25) is 4.79 Å². The van der Waals surface area contributed by atoms with Crippen LogP contribution in [0.25, 0.3) is 0 Å². The highest BCUT2D eigenvalue weighted by Crippen LogP contribution is 2.27. The molecule has 7 heteroatoms. The summed E-state index contributed by atoms with van der Waals surface area (Å²) in [7, 11) is 0. The number of rotatable bonds is 5. The Hall–Kier alpha value is -0.780. The Morgan fingerprint density at radius 1 is 1.32 bits per heavy atom. The van der Waals surface area contributed by atoms with Crippen LogP contribution in [0.2, 0.25) is 0 Å². The summed E-state index contributed by atoms with van der Waals surface area (Å²) in [6.45, 7) is 11.8. The minimum absolute atomic E-state index is 0. The van der Waals surface area contributed by atoms with Gasteiger partial charge in [0.15, 0.2) is 0 Å². The average Bonchev–Trinajstić information content (AvgIpc) is 2.93. The van der Waals surface area contributed by atoms with Crippen molar-refractivity contribution in [3.63, 3.8) is 0 Å². The molecule has 146 valence electrons. The lowest BCUT2D eigenvalue weighted by Crippen LogP contribution is -2.50. The number of hydrogen-bond donors (Lipinski definition) is 2. The summed E-state index contributed by atoms with van der Waals surface area (Å²) in [5, 5.41) is 3.23. The quantitative estimate of drug-likeness (QED) is 0.807. The lowest BCUT2D eigenvalue weighted by Gasteiger charge is -2.32. The van der Waals surface area contributed by atoms with Crippen molar-refractivity contribution >= 4 is 30.7 Å². The molecule has 1 unspecified atom stereocenters. The number of imidazole rings is 1. The van der Waals surface area contributed by atoms with Crippen LogP contribution in [0.4, 0.5) is 0 Å². The Labute approximate surface area is 164 Å². The highest BCUT2D eigenvalue weighted by molar-refractivity contribution is 5.85. The van der Waals surface area contributed by atoms with E-state index in [0.29, 0.717) is 6.54 Å². The maximum absolute atomic E-state index is 12.7. The van der Waals surface area contributed by atoms with Crippen molar-refractivity contribution in [2.24, 2.45) is 11.1 Å². The fourth-order valence-corrected chi connectivity index (χ4v) is 3.21. The van der Waals surface area contributed by atoms with Crippen LogP contribution >= 0.6 is 24.8 Å². The molecule has 0 saturated heterocycles. The van der Waals surface area contributed by atoms with E-state index in [-0.39, 0.29) is 42.2 Å². The van der Waals surface area contributed by atoms with E-state index in [2.05, 4.69) is 36.9 Å². The predicted octanol–water partition coefficient (Wildman–Crippen LogP) is 3.22. The summed E-state index contributed by atoms with van der Waals surface area (Å²) in [6, 6.07) is 0.168. The van der Waals surface area contributed by atoms with E-state index < -0.39 is 5.41 Å². The number of halogens is 2. The Kier molecular flexibility index (Phi) is 8.95. The molecule has 1 aromatic rings. The zero-order valence-electron chi connectivity index (χ0n) is 16.1. The Bertz CT molecular complexity index is 554. The van der Waals surface area contributed by atoms with Gasteiger partial charge >= 0.3 is 0 Å². The normalized spacial score (nSPS) is 17.1. The minimum atomic E-state index is -0.425. The van der Waals surface area contributed by atoms with Crippen molar-refractivity contribution in [1.82, 2.24) is 14.9 Å². The first kappa shape index (κ1) is 24.2. The molecule has 1 aliphatic rings. The number of carbonyl (C=O) groups excluding carboxylic acids is 1. The maximum Gasteiger partial charge on any atom is 0.227 e. The van der Waals surface area contributed by atoms with Gasteiger partial charge in [0.2, 0.25) is 5.91 Å². The van der Waals surface area contributed by atoms with Crippen LogP contribution in [0.15, 0.2) is 6.20 Å². The van der Waals surface area contributed by atoms with Crippen molar-refractivity contribution in [3.05, 3.63) is 17.7 Å². The molecule has 0 aromatic carbocycles. The van der Waals surface area contributed by atoms with Gasteiger partial charge in [-0.05, 0) is 19.3 Å². The van der Waals surface area contributed by atoms with Crippen LogP contribution in [0.5, 0.6) is 0 Å². The molecule has 5 nitrogen and oxygen atoms in total. The minimum Gasteiger partial charge on any atom is -0.351 e. The largest absolute Gasteiger partial charge is 0.351 e. The van der Waals surface area contributed by atoms with Gasteiger partial charge in [-0.2, -0.15) is 0 Å². The molecular weight excluding hydrogens is 359 g/mol. The third kappa shape index (κ3) is 5.11. The molecule has 2 rings (SSSR count). The molecule has 0 spiro atoms. The Morgan fingerprint density at radius 2 is 1.92 bits per heavy atom. The molecule has 0 radical (unpaired) electrons. The number of nitrogens with one attached hydrogen (secondary N) is 1. The zero-order valence-corrected chi connectivity index (χ0v) is 17.7. The van der Waals surface area contributed by atoms with E-state index in [1.807, 2.05) is 13.8 Å². The molecule has 1 aromatic heterocycles. The first-order valence-corrected chi connectivity index (χ1v) is 8.83. The molecule has 0 fully saturated rings. The van der Waals surface area contributed by atoms with Crippen molar-refractivity contribution < 1.29 is 4.79 Å². The van der Waals surface area contributed by atoms with Gasteiger partial charge in [0.1, 0.15) is 5.82 Å². The number of aryl methyl sites for hydroxylation is 1. The number of carbonyl (C=O) groups is 1. The summed E-state index contributed by atoms with van der Waals surface area (Å²) < 4.78 is 2.21. The van der Waals surface area contributed by atoms with Crippen molar-refractivity contribution in [3.8, 4) is 0 Å². The number of nitrogens with two attached hydrogens (primary N) is 1. The van der Waals surface area contributed by atoms with Crippen molar-refractivity contribution in [2.75, 3.05) is 6.54 Å². The molecule has 0 bridgehead atoms. The van der Waals surface area contributed by atoms with Gasteiger partial charge in [0.05, 0.1) is 11.1 Å². The van der Waals surface area contributed by atoms with Gasteiger partial charge in [-0.25, -0.2) is 4.98 Å². The van der Waals surface area contributed by atoms with Crippen LogP contribution in [0.1, 0.15) is 65.4 Å². The first-order valence-electron chi connectivity index (χ1n) is 8.83. The number of fused-ring (bicyclic) bond motifs is 1. The predicted molar refractivity (Wildman–Crippen MR) is 108 cm³/mol. The van der Waals surface area contributed by atoms with Gasteiger partial charge in [-0.15, -0.1) is 24.8 Å². The third-order valence-corrected chi connectivity index (χ3v) is 5.32.